The molecule has 3 atom stereocenters. The fourth-order valence-electron chi connectivity index (χ4n) is 2.53. The third kappa shape index (κ3) is 4.54. The molecule has 1 fully saturated rings. The third-order valence-electron chi connectivity index (χ3n) is 3.56. The number of hydrogen-bond donors (Lipinski definition) is 1. The Morgan fingerprint density at radius 1 is 1.38 bits per heavy atom. The fraction of sp³-hybridized carbons (Fsp3) is 0.714. The van der Waals surface area contributed by atoms with E-state index in [1.807, 2.05) is 32.9 Å². The highest BCUT2D eigenvalue weighted by atomic mass is 32.2. The zero-order valence-corrected chi connectivity index (χ0v) is 13.6. The quantitative estimate of drug-likeness (QED) is 0.858. The van der Waals surface area contributed by atoms with Crippen molar-refractivity contribution in [1.82, 2.24) is 9.62 Å². The second-order valence-electron chi connectivity index (χ2n) is 5.58. The van der Waals surface area contributed by atoms with Crippen molar-refractivity contribution in [2.75, 3.05) is 25.4 Å². The van der Waals surface area contributed by atoms with E-state index in [4.69, 9.17) is 9.15 Å². The summed E-state index contributed by atoms with van der Waals surface area (Å²) in [5, 5.41) is 3.17. The molecule has 1 N–H and O–H groups in total. The minimum Gasteiger partial charge on any atom is -0.468 e. The van der Waals surface area contributed by atoms with Crippen molar-refractivity contribution < 1.29 is 17.6 Å². The summed E-state index contributed by atoms with van der Waals surface area (Å²) >= 11 is 0. The van der Waals surface area contributed by atoms with Gasteiger partial charge >= 0.3 is 0 Å². The highest BCUT2D eigenvalue weighted by molar-refractivity contribution is 7.89. The molecule has 120 valence electrons. The third-order valence-corrected chi connectivity index (χ3v) is 5.36. The highest BCUT2D eigenvalue weighted by Crippen LogP contribution is 2.15. The van der Waals surface area contributed by atoms with Crippen LogP contribution in [0.4, 0.5) is 0 Å². The minimum atomic E-state index is -3.25. The molecule has 1 aromatic heterocycles. The van der Waals surface area contributed by atoms with Gasteiger partial charge in [-0.15, -0.1) is 0 Å². The molecular weight excluding hydrogens is 292 g/mol. The fourth-order valence-corrected chi connectivity index (χ4v) is 4.04. The summed E-state index contributed by atoms with van der Waals surface area (Å²) in [6, 6.07) is 3.69. The summed E-state index contributed by atoms with van der Waals surface area (Å²) in [4.78, 5) is 0. The van der Waals surface area contributed by atoms with Crippen molar-refractivity contribution in [3.8, 4) is 0 Å². The second kappa shape index (κ2) is 6.91. The van der Waals surface area contributed by atoms with Crippen LogP contribution in [0.1, 0.15) is 32.6 Å². The van der Waals surface area contributed by atoms with E-state index in [-0.39, 0.29) is 24.0 Å². The first-order valence-corrected chi connectivity index (χ1v) is 8.89. The summed E-state index contributed by atoms with van der Waals surface area (Å²) in [6.07, 6.45) is 1.50. The standard InChI is InChI=1S/C14H24N2O4S/c1-11-9-16(10-12(2)20-11)21(17,18)8-6-15-13(3)14-5-4-7-19-14/h4-5,7,11-13,15H,6,8-10H2,1-3H3/t11-,12+,13-/m0/s1. The van der Waals surface area contributed by atoms with Crippen LogP contribution >= 0.6 is 0 Å². The van der Waals surface area contributed by atoms with Crippen LogP contribution in [0.25, 0.3) is 0 Å². The Morgan fingerprint density at radius 2 is 2.05 bits per heavy atom. The maximum atomic E-state index is 12.4. The Hall–Kier alpha value is -0.890. The summed E-state index contributed by atoms with van der Waals surface area (Å²) in [5.74, 6) is 0.887. The number of nitrogens with one attached hydrogen (secondary N) is 1. The molecule has 0 saturated carbocycles. The molecule has 2 rings (SSSR count). The predicted octanol–water partition coefficient (Wildman–Crippen LogP) is 1.37. The lowest BCUT2D eigenvalue weighted by molar-refractivity contribution is -0.0440. The maximum absolute atomic E-state index is 12.4. The van der Waals surface area contributed by atoms with Gasteiger partial charge in [0, 0.05) is 19.6 Å². The number of sulfonamides is 1. The molecule has 1 saturated heterocycles. The van der Waals surface area contributed by atoms with Gasteiger partial charge in [0.2, 0.25) is 10.0 Å². The number of rotatable bonds is 6. The molecule has 1 aliphatic heterocycles. The van der Waals surface area contributed by atoms with E-state index in [0.717, 1.165) is 5.76 Å². The molecule has 7 heteroatoms. The van der Waals surface area contributed by atoms with Crippen molar-refractivity contribution >= 4 is 10.0 Å². The predicted molar refractivity (Wildman–Crippen MR) is 80.5 cm³/mol. The first-order valence-electron chi connectivity index (χ1n) is 7.28. The molecule has 1 aromatic rings. The lowest BCUT2D eigenvalue weighted by Crippen LogP contribution is -2.49. The van der Waals surface area contributed by atoms with E-state index in [1.165, 1.54) is 4.31 Å². The van der Waals surface area contributed by atoms with Gasteiger partial charge in [0.05, 0.1) is 30.3 Å². The molecule has 0 aliphatic carbocycles. The van der Waals surface area contributed by atoms with E-state index in [1.54, 1.807) is 6.26 Å². The maximum Gasteiger partial charge on any atom is 0.215 e. The number of hydrogen-bond acceptors (Lipinski definition) is 5. The Kier molecular flexibility index (Phi) is 5.43. The largest absolute Gasteiger partial charge is 0.468 e. The molecule has 0 radical (unpaired) electrons. The van der Waals surface area contributed by atoms with Crippen molar-refractivity contribution in [3.63, 3.8) is 0 Å². The summed E-state index contributed by atoms with van der Waals surface area (Å²) < 4.78 is 37.1. The average molecular weight is 316 g/mol. The van der Waals surface area contributed by atoms with Crippen LogP contribution in [0.5, 0.6) is 0 Å². The Balaban J connectivity index is 1.84. The number of nitrogens with zero attached hydrogens (tertiary/aromatic N) is 1. The van der Waals surface area contributed by atoms with Crippen molar-refractivity contribution in [2.24, 2.45) is 0 Å². The van der Waals surface area contributed by atoms with Gasteiger partial charge < -0.3 is 14.5 Å². The smallest absolute Gasteiger partial charge is 0.215 e. The van der Waals surface area contributed by atoms with Crippen LogP contribution in [-0.4, -0.2) is 50.3 Å². The number of furan rings is 1. The van der Waals surface area contributed by atoms with Gasteiger partial charge in [0.25, 0.3) is 0 Å². The Labute approximate surface area is 126 Å². The second-order valence-corrected chi connectivity index (χ2v) is 7.67. The SMILES string of the molecule is C[C@@H]1CN(S(=O)(=O)CCN[C@@H](C)c2ccco2)C[C@H](C)O1. The van der Waals surface area contributed by atoms with Gasteiger partial charge in [-0.05, 0) is 32.9 Å². The molecule has 2 heterocycles. The zero-order chi connectivity index (χ0) is 15.5. The van der Waals surface area contributed by atoms with Crippen LogP contribution in [0.3, 0.4) is 0 Å². The van der Waals surface area contributed by atoms with E-state index in [2.05, 4.69) is 5.32 Å². The Bertz CT molecular complexity index is 519. The topological polar surface area (TPSA) is 71.8 Å². The number of ether oxygens (including phenoxy) is 1. The van der Waals surface area contributed by atoms with E-state index in [0.29, 0.717) is 19.6 Å². The van der Waals surface area contributed by atoms with Crippen LogP contribution in [0.15, 0.2) is 22.8 Å². The summed E-state index contributed by atoms with van der Waals surface area (Å²) in [6.45, 7) is 7.00. The lowest BCUT2D eigenvalue weighted by Gasteiger charge is -2.34. The zero-order valence-electron chi connectivity index (χ0n) is 12.8. The van der Waals surface area contributed by atoms with E-state index in [9.17, 15) is 8.42 Å². The van der Waals surface area contributed by atoms with E-state index < -0.39 is 10.0 Å². The van der Waals surface area contributed by atoms with Gasteiger partial charge in [-0.2, -0.15) is 4.31 Å². The monoisotopic (exact) mass is 316 g/mol. The average Bonchev–Trinajstić information content (AvgIpc) is 2.91. The molecule has 1 aliphatic rings. The van der Waals surface area contributed by atoms with Crippen molar-refractivity contribution in [2.45, 2.75) is 39.0 Å². The van der Waals surface area contributed by atoms with Gasteiger partial charge in [0.1, 0.15) is 5.76 Å². The molecule has 0 bridgehead atoms. The first-order chi connectivity index (χ1) is 9.88. The summed E-state index contributed by atoms with van der Waals surface area (Å²) in [5.41, 5.74) is 0. The highest BCUT2D eigenvalue weighted by Gasteiger charge is 2.30. The molecule has 0 aromatic carbocycles. The van der Waals surface area contributed by atoms with E-state index >= 15 is 0 Å². The molecule has 6 nitrogen and oxygen atoms in total. The van der Waals surface area contributed by atoms with Gasteiger partial charge in [-0.1, -0.05) is 0 Å². The van der Waals surface area contributed by atoms with Gasteiger partial charge in [-0.25, -0.2) is 8.42 Å². The van der Waals surface area contributed by atoms with Gasteiger partial charge in [0.15, 0.2) is 0 Å². The van der Waals surface area contributed by atoms with Crippen LogP contribution in [0.2, 0.25) is 0 Å². The normalized spacial score (nSPS) is 25.9. The van der Waals surface area contributed by atoms with Gasteiger partial charge in [-0.3, -0.25) is 0 Å². The molecule has 0 amide bonds. The molecule has 0 spiro atoms. The van der Waals surface area contributed by atoms with Crippen LogP contribution < -0.4 is 5.32 Å². The Morgan fingerprint density at radius 3 is 2.62 bits per heavy atom. The number of morpholine rings is 1. The first kappa shape index (κ1) is 16.5. The molecular formula is C14H24N2O4S. The molecule has 21 heavy (non-hydrogen) atoms. The van der Waals surface area contributed by atoms with Crippen molar-refractivity contribution in [3.05, 3.63) is 24.2 Å². The minimum absolute atomic E-state index is 0.00210. The van der Waals surface area contributed by atoms with Crippen LogP contribution in [-0.2, 0) is 14.8 Å². The van der Waals surface area contributed by atoms with Crippen molar-refractivity contribution in [1.29, 1.82) is 0 Å². The van der Waals surface area contributed by atoms with Crippen LogP contribution in [0, 0.1) is 0 Å². The lowest BCUT2D eigenvalue weighted by atomic mass is 10.2. The summed E-state index contributed by atoms with van der Waals surface area (Å²) in [7, 11) is -3.25. The molecule has 0 unspecified atom stereocenters.